The van der Waals surface area contributed by atoms with Crippen LogP contribution >= 0.6 is 0 Å². The number of hydroxylamine groups is 2. The number of aryl methyl sites for hydroxylation is 2. The number of nitrogens with one attached hydrogen (secondary N) is 2. The first-order valence-corrected chi connectivity index (χ1v) is 12.1. The van der Waals surface area contributed by atoms with E-state index in [1.54, 1.807) is 35.1 Å². The molecular weight excluding hydrogens is 446 g/mol. The highest BCUT2D eigenvalue weighted by atomic mass is 16.5. The van der Waals surface area contributed by atoms with E-state index in [-0.39, 0.29) is 23.8 Å². The lowest BCUT2D eigenvalue weighted by atomic mass is 9.99. The third kappa shape index (κ3) is 5.17. The predicted octanol–water partition coefficient (Wildman–Crippen LogP) is 0.920. The number of aromatic nitrogens is 3. The maximum Gasteiger partial charge on any atom is 0.348 e. The Morgan fingerprint density at radius 3 is 2.66 bits per heavy atom. The molecule has 2 aromatic heterocycles. The number of benzene rings is 1. The standard InChI is InChI=1S/C26H29N5O4/c32-23(25(33)28-19-12-13-19)22(15-17-7-2-1-3-8-17)31(35)26(34)20-10-6-14-27-24(20)30-16-18-9-4-5-11-21(18)29-30/h1-3,6-8,10,14,16,19,22-23,31-32H,4-5,9,11-13,15H2,(H,28,33). The van der Waals surface area contributed by atoms with Crippen molar-refractivity contribution in [3.63, 3.8) is 0 Å². The van der Waals surface area contributed by atoms with Crippen molar-refractivity contribution in [3.05, 3.63) is 82.4 Å². The molecule has 35 heavy (non-hydrogen) atoms. The van der Waals surface area contributed by atoms with E-state index in [0.717, 1.165) is 55.3 Å². The van der Waals surface area contributed by atoms with E-state index in [0.29, 0.717) is 0 Å². The molecule has 0 aliphatic heterocycles. The van der Waals surface area contributed by atoms with Crippen LogP contribution in [0.1, 0.15) is 52.9 Å². The van der Waals surface area contributed by atoms with Crippen molar-refractivity contribution in [2.45, 2.75) is 63.1 Å². The van der Waals surface area contributed by atoms with E-state index in [9.17, 15) is 19.9 Å². The molecule has 2 aliphatic carbocycles. The highest BCUT2D eigenvalue weighted by Gasteiger charge is 2.38. The first-order chi connectivity index (χ1) is 17.0. The number of carbonyl (C=O) groups excluding carboxylic acids is 2. The van der Waals surface area contributed by atoms with E-state index in [1.165, 1.54) is 0 Å². The van der Waals surface area contributed by atoms with Gasteiger partial charge in [0.25, 0.3) is 5.91 Å². The monoisotopic (exact) mass is 475 g/mol. The second-order valence-electron chi connectivity index (χ2n) is 9.34. The van der Waals surface area contributed by atoms with Crippen LogP contribution in [-0.2, 0) is 24.1 Å². The summed E-state index contributed by atoms with van der Waals surface area (Å²) in [6.07, 6.45) is 7.51. The van der Waals surface area contributed by atoms with Gasteiger partial charge in [0.2, 0.25) is 0 Å². The Morgan fingerprint density at radius 1 is 1.14 bits per heavy atom. The first-order valence-electron chi connectivity index (χ1n) is 12.1. The molecule has 3 unspecified atom stereocenters. The highest BCUT2D eigenvalue weighted by Crippen LogP contribution is 2.22. The van der Waals surface area contributed by atoms with Gasteiger partial charge < -0.3 is 15.6 Å². The van der Waals surface area contributed by atoms with Crippen molar-refractivity contribution < 1.29 is 19.8 Å². The number of amides is 2. The molecule has 182 valence electrons. The SMILES string of the molecule is O=C(NC1CC1)C(O)C(Cc1ccccc1)[NH+]([O-])C(=O)c1cccnc1-n1cc2c(n1)CCCC2. The molecule has 1 saturated carbocycles. The smallest absolute Gasteiger partial charge is 0.348 e. The van der Waals surface area contributed by atoms with E-state index in [4.69, 9.17) is 0 Å². The zero-order valence-corrected chi connectivity index (χ0v) is 19.4. The van der Waals surface area contributed by atoms with Crippen LogP contribution in [0.2, 0.25) is 0 Å². The molecule has 0 bridgehead atoms. The lowest BCUT2D eigenvalue weighted by molar-refractivity contribution is -0.792. The number of nitrogens with zero attached hydrogens (tertiary/aromatic N) is 3. The molecule has 1 fully saturated rings. The Kier molecular flexibility index (Phi) is 6.72. The Balaban J connectivity index is 1.44. The fraction of sp³-hybridized carbons (Fsp3) is 0.385. The normalized spacial score (nSPS) is 17.8. The van der Waals surface area contributed by atoms with Crippen LogP contribution in [0.25, 0.3) is 5.82 Å². The van der Waals surface area contributed by atoms with Gasteiger partial charge in [-0.15, -0.1) is 0 Å². The number of pyridine rings is 1. The number of rotatable bonds is 8. The van der Waals surface area contributed by atoms with E-state index in [2.05, 4.69) is 15.4 Å². The maximum atomic E-state index is 13.5. The molecular formula is C26H29N5O4. The van der Waals surface area contributed by atoms with Crippen LogP contribution < -0.4 is 10.4 Å². The molecule has 9 nitrogen and oxygen atoms in total. The summed E-state index contributed by atoms with van der Waals surface area (Å²) < 4.78 is 1.57. The van der Waals surface area contributed by atoms with Gasteiger partial charge in [0, 0.05) is 24.9 Å². The maximum absolute atomic E-state index is 13.5. The van der Waals surface area contributed by atoms with Crippen molar-refractivity contribution in [2.75, 3.05) is 0 Å². The third-order valence-electron chi connectivity index (χ3n) is 6.67. The number of aliphatic hydroxyl groups excluding tert-OH is 1. The highest BCUT2D eigenvalue weighted by molar-refractivity contribution is 5.91. The summed E-state index contributed by atoms with van der Waals surface area (Å²) in [6.45, 7) is 0. The number of fused-ring (bicyclic) bond motifs is 1. The zero-order chi connectivity index (χ0) is 24.4. The van der Waals surface area contributed by atoms with Crippen molar-refractivity contribution in [1.29, 1.82) is 0 Å². The lowest BCUT2D eigenvalue weighted by Gasteiger charge is -2.32. The van der Waals surface area contributed by atoms with Crippen LogP contribution in [-0.4, -0.2) is 49.9 Å². The number of carbonyl (C=O) groups is 2. The molecule has 0 saturated heterocycles. The summed E-state index contributed by atoms with van der Waals surface area (Å²) in [6, 6.07) is 11.0. The zero-order valence-electron chi connectivity index (χ0n) is 19.4. The molecule has 2 amide bonds. The Morgan fingerprint density at radius 2 is 1.91 bits per heavy atom. The van der Waals surface area contributed by atoms with Crippen LogP contribution in [0.5, 0.6) is 0 Å². The summed E-state index contributed by atoms with van der Waals surface area (Å²) in [5.41, 5.74) is 2.97. The van der Waals surface area contributed by atoms with E-state index >= 15 is 0 Å². The van der Waals surface area contributed by atoms with Gasteiger partial charge >= 0.3 is 5.91 Å². The van der Waals surface area contributed by atoms with E-state index < -0.39 is 29.0 Å². The Labute approximate surface area is 203 Å². The van der Waals surface area contributed by atoms with Crippen LogP contribution in [0, 0.1) is 5.21 Å². The minimum absolute atomic E-state index is 0.0242. The van der Waals surface area contributed by atoms with Gasteiger partial charge in [-0.2, -0.15) is 5.10 Å². The molecule has 2 aliphatic rings. The van der Waals surface area contributed by atoms with Crippen molar-refractivity contribution in [2.24, 2.45) is 0 Å². The van der Waals surface area contributed by atoms with Crippen molar-refractivity contribution in [3.8, 4) is 5.82 Å². The van der Waals surface area contributed by atoms with Gasteiger partial charge in [0.1, 0.15) is 11.6 Å². The summed E-state index contributed by atoms with van der Waals surface area (Å²) in [7, 11) is 0. The van der Waals surface area contributed by atoms with Crippen molar-refractivity contribution in [1.82, 2.24) is 20.1 Å². The fourth-order valence-electron chi connectivity index (χ4n) is 4.55. The summed E-state index contributed by atoms with van der Waals surface area (Å²) in [5, 5.41) is 30.9. The molecule has 3 N–H and O–H groups in total. The molecule has 0 radical (unpaired) electrons. The summed E-state index contributed by atoms with van der Waals surface area (Å²) in [4.78, 5) is 30.5. The lowest BCUT2D eigenvalue weighted by Crippen LogP contribution is -3.16. The molecule has 9 heteroatoms. The summed E-state index contributed by atoms with van der Waals surface area (Å²) >= 11 is 0. The molecule has 5 rings (SSSR count). The average Bonchev–Trinajstić information content (AvgIpc) is 3.60. The molecule has 3 aromatic rings. The summed E-state index contributed by atoms with van der Waals surface area (Å²) in [5.74, 6) is -1.14. The number of aliphatic hydroxyl groups is 1. The molecule has 0 spiro atoms. The minimum atomic E-state index is -1.63. The number of hydrogen-bond donors (Lipinski definition) is 3. The van der Waals surface area contributed by atoms with Crippen molar-refractivity contribution >= 4 is 11.8 Å². The quantitative estimate of drug-likeness (QED) is 0.416. The van der Waals surface area contributed by atoms with Gasteiger partial charge in [-0.05, 0) is 61.8 Å². The van der Waals surface area contributed by atoms with Gasteiger partial charge in [-0.3, -0.25) is 9.86 Å². The molecule has 1 aromatic carbocycles. The average molecular weight is 476 g/mol. The van der Waals surface area contributed by atoms with Crippen LogP contribution in [0.3, 0.4) is 0 Å². The second kappa shape index (κ2) is 10.1. The van der Waals surface area contributed by atoms with Gasteiger partial charge in [0.05, 0.1) is 5.69 Å². The van der Waals surface area contributed by atoms with Gasteiger partial charge in [-0.25, -0.2) is 14.5 Å². The molecule has 2 heterocycles. The predicted molar refractivity (Wildman–Crippen MR) is 128 cm³/mol. The third-order valence-corrected chi connectivity index (χ3v) is 6.67. The van der Waals surface area contributed by atoms with E-state index in [1.807, 2.05) is 24.4 Å². The fourth-order valence-corrected chi connectivity index (χ4v) is 4.55. The largest absolute Gasteiger partial charge is 0.626 e. The van der Waals surface area contributed by atoms with Gasteiger partial charge in [0.15, 0.2) is 11.9 Å². The van der Waals surface area contributed by atoms with Crippen LogP contribution in [0.15, 0.2) is 54.9 Å². The topological polar surface area (TPSA) is 125 Å². The number of quaternary nitrogens is 1. The minimum Gasteiger partial charge on any atom is -0.626 e. The Hall–Kier alpha value is -3.40. The van der Waals surface area contributed by atoms with Gasteiger partial charge in [-0.1, -0.05) is 30.3 Å². The number of hydrogen-bond acceptors (Lipinski definition) is 6. The molecule has 3 atom stereocenters. The first kappa shape index (κ1) is 23.3. The van der Waals surface area contributed by atoms with Crippen LogP contribution in [0.4, 0.5) is 0 Å². The Bertz CT molecular complexity index is 1180. The second-order valence-corrected chi connectivity index (χ2v) is 9.34.